The lowest BCUT2D eigenvalue weighted by Crippen LogP contribution is -2.64. The number of aliphatic hydroxyl groups excluding tert-OH is 1. The lowest BCUT2D eigenvalue weighted by Gasteiger charge is -2.36. The number of aliphatic imine (C=N–C) groups is 1. The number of imide groups is 1. The molecule has 2 aliphatic rings. The van der Waals surface area contributed by atoms with Gasteiger partial charge in [-0.3, -0.25) is 10.1 Å². The summed E-state index contributed by atoms with van der Waals surface area (Å²) >= 11 is 0. The number of nitrogens with one attached hydrogen (secondary N) is 1. The van der Waals surface area contributed by atoms with E-state index in [1.54, 1.807) is 6.08 Å². The molecule has 0 bridgehead atoms. The van der Waals surface area contributed by atoms with Gasteiger partial charge in [0.2, 0.25) is 0 Å². The van der Waals surface area contributed by atoms with Gasteiger partial charge < -0.3 is 25.4 Å². The molecule has 0 aromatic carbocycles. The molecule has 2 heterocycles. The first-order valence-corrected chi connectivity index (χ1v) is 6.50. The number of carbonyl (C=O) groups is 2. The third kappa shape index (κ3) is 2.98. The van der Waals surface area contributed by atoms with E-state index in [4.69, 9.17) is 10.5 Å². The molecule has 3 amide bonds. The highest BCUT2D eigenvalue weighted by molar-refractivity contribution is 6.03. The van der Waals surface area contributed by atoms with Crippen molar-refractivity contribution in [3.63, 3.8) is 0 Å². The number of urea groups is 1. The molecular weight excluding hydrogens is 278 g/mol. The van der Waals surface area contributed by atoms with Crippen LogP contribution in [0, 0.1) is 0 Å². The van der Waals surface area contributed by atoms with Crippen LogP contribution in [-0.2, 0) is 9.53 Å². The molecule has 116 valence electrons. The molecule has 4 N–H and O–H groups in total. The number of nitrogens with zero attached hydrogens (tertiary/aromatic N) is 3. The van der Waals surface area contributed by atoms with E-state index in [-0.39, 0.29) is 19.1 Å². The second-order valence-corrected chi connectivity index (χ2v) is 4.88. The van der Waals surface area contributed by atoms with Gasteiger partial charge in [-0.25, -0.2) is 9.79 Å². The van der Waals surface area contributed by atoms with Crippen molar-refractivity contribution in [2.24, 2.45) is 10.7 Å². The summed E-state index contributed by atoms with van der Waals surface area (Å²) in [6.07, 6.45) is 0.0598. The van der Waals surface area contributed by atoms with E-state index >= 15 is 0 Å². The number of hydrogen-bond donors (Lipinski definition) is 3. The Morgan fingerprint density at radius 2 is 2.33 bits per heavy atom. The molecule has 0 radical (unpaired) electrons. The number of aliphatic hydroxyl groups is 1. The van der Waals surface area contributed by atoms with Gasteiger partial charge in [-0.05, 0) is 0 Å². The number of amides is 3. The van der Waals surface area contributed by atoms with Gasteiger partial charge in [0.15, 0.2) is 18.2 Å². The minimum Gasteiger partial charge on any atom is -0.389 e. The predicted octanol–water partition coefficient (Wildman–Crippen LogP) is -1.94. The second kappa shape index (κ2) is 6.10. The molecule has 2 rings (SSSR count). The summed E-state index contributed by atoms with van der Waals surface area (Å²) in [4.78, 5) is 30.4. The lowest BCUT2D eigenvalue weighted by atomic mass is 10.1. The van der Waals surface area contributed by atoms with Crippen LogP contribution in [0.1, 0.15) is 0 Å². The van der Waals surface area contributed by atoms with Crippen molar-refractivity contribution in [2.45, 2.75) is 18.3 Å². The van der Waals surface area contributed by atoms with Crippen LogP contribution in [0.15, 0.2) is 17.6 Å². The zero-order chi connectivity index (χ0) is 15.6. The van der Waals surface area contributed by atoms with Crippen LogP contribution >= 0.6 is 0 Å². The minimum absolute atomic E-state index is 0.0864. The molecule has 2 aliphatic heterocycles. The van der Waals surface area contributed by atoms with Gasteiger partial charge in [-0.2, -0.15) is 0 Å². The molecule has 0 spiro atoms. The molecule has 0 aromatic rings. The van der Waals surface area contributed by atoms with Gasteiger partial charge in [-0.15, -0.1) is 6.58 Å². The third-order valence-corrected chi connectivity index (χ3v) is 3.35. The number of guanidine groups is 1. The average Bonchev–Trinajstić information content (AvgIpc) is 2.74. The molecule has 9 heteroatoms. The van der Waals surface area contributed by atoms with Gasteiger partial charge in [0, 0.05) is 13.6 Å². The van der Waals surface area contributed by atoms with E-state index in [2.05, 4.69) is 16.9 Å². The first kappa shape index (κ1) is 15.3. The summed E-state index contributed by atoms with van der Waals surface area (Å²) in [5, 5.41) is 12.2. The van der Waals surface area contributed by atoms with E-state index in [0.29, 0.717) is 6.61 Å². The van der Waals surface area contributed by atoms with Crippen molar-refractivity contribution in [3.05, 3.63) is 12.7 Å². The molecule has 0 aliphatic carbocycles. The summed E-state index contributed by atoms with van der Waals surface area (Å²) in [5.74, 6) is -0.365. The molecule has 1 fully saturated rings. The predicted molar refractivity (Wildman–Crippen MR) is 74.2 cm³/mol. The summed E-state index contributed by atoms with van der Waals surface area (Å²) in [6.45, 7) is 4.00. The average molecular weight is 297 g/mol. The zero-order valence-electron chi connectivity index (χ0n) is 11.7. The second-order valence-electron chi connectivity index (χ2n) is 4.88. The maximum absolute atomic E-state index is 12.0. The number of fused-ring (bicyclic) bond motifs is 1. The number of nitrogens with two attached hydrogens (primary N) is 1. The van der Waals surface area contributed by atoms with Crippen LogP contribution in [0.3, 0.4) is 0 Å². The number of carbonyl (C=O) groups excluding carboxylic acids is 2. The zero-order valence-corrected chi connectivity index (χ0v) is 11.7. The van der Waals surface area contributed by atoms with E-state index in [0.717, 1.165) is 0 Å². The van der Waals surface area contributed by atoms with Crippen LogP contribution in [0.25, 0.3) is 0 Å². The van der Waals surface area contributed by atoms with Crippen molar-refractivity contribution in [1.82, 2.24) is 15.1 Å². The smallest absolute Gasteiger partial charge is 0.325 e. The molecule has 3 unspecified atom stereocenters. The number of rotatable bonds is 6. The highest BCUT2D eigenvalue weighted by Crippen LogP contribution is 2.22. The van der Waals surface area contributed by atoms with Gasteiger partial charge in [0.05, 0.1) is 19.3 Å². The highest BCUT2D eigenvalue weighted by Gasteiger charge is 2.48. The first-order chi connectivity index (χ1) is 9.95. The number of likely N-dealkylation sites (N-methyl/N-ethyl adjacent to an activating group) is 1. The number of β-amino-alcohol motifs (C(OH)–C–C–N with tert-alkyl or cyclic N) is 1. The van der Waals surface area contributed by atoms with Crippen LogP contribution in [0.2, 0.25) is 0 Å². The van der Waals surface area contributed by atoms with Gasteiger partial charge in [0.1, 0.15) is 0 Å². The summed E-state index contributed by atoms with van der Waals surface area (Å²) in [7, 11) is 1.53. The van der Waals surface area contributed by atoms with Gasteiger partial charge in [-0.1, -0.05) is 6.08 Å². The quantitative estimate of drug-likeness (QED) is 0.387. The molecule has 0 aromatic heterocycles. The minimum atomic E-state index is -0.840. The first-order valence-electron chi connectivity index (χ1n) is 6.50. The molecule has 1 saturated heterocycles. The highest BCUT2D eigenvalue weighted by atomic mass is 16.5. The normalized spacial score (nSPS) is 26.3. The molecule has 21 heavy (non-hydrogen) atoms. The van der Waals surface area contributed by atoms with Crippen molar-refractivity contribution >= 4 is 17.9 Å². The van der Waals surface area contributed by atoms with Crippen LogP contribution in [0.5, 0.6) is 0 Å². The number of hydrogen-bond acceptors (Lipinski definition) is 7. The Morgan fingerprint density at radius 1 is 1.62 bits per heavy atom. The molecule has 0 saturated carbocycles. The summed E-state index contributed by atoms with van der Waals surface area (Å²) < 4.78 is 5.15. The van der Waals surface area contributed by atoms with Crippen molar-refractivity contribution in [3.8, 4) is 0 Å². The Morgan fingerprint density at radius 3 is 3.00 bits per heavy atom. The SMILES string of the molecule is C=CCOCC(O)CN1C(N)=NC2C1C(=O)NC(=O)N2C. The van der Waals surface area contributed by atoms with Gasteiger partial charge >= 0.3 is 6.03 Å². The molecular formula is C12H19N5O4. The summed E-state index contributed by atoms with van der Waals surface area (Å²) in [5.41, 5.74) is 5.80. The lowest BCUT2D eigenvalue weighted by molar-refractivity contribution is -0.127. The van der Waals surface area contributed by atoms with E-state index in [9.17, 15) is 14.7 Å². The van der Waals surface area contributed by atoms with Crippen LogP contribution in [-0.4, -0.2) is 77.9 Å². The van der Waals surface area contributed by atoms with Crippen molar-refractivity contribution < 1.29 is 19.4 Å². The van der Waals surface area contributed by atoms with E-state index < -0.39 is 30.2 Å². The Labute approximate surface area is 122 Å². The third-order valence-electron chi connectivity index (χ3n) is 3.35. The maximum Gasteiger partial charge on any atom is 0.325 e. The molecule has 9 nitrogen and oxygen atoms in total. The Balaban J connectivity index is 2.03. The summed E-state index contributed by atoms with van der Waals surface area (Å²) in [6, 6.07) is -1.25. The van der Waals surface area contributed by atoms with Crippen molar-refractivity contribution in [2.75, 3.05) is 26.8 Å². The van der Waals surface area contributed by atoms with E-state index in [1.165, 1.54) is 16.8 Å². The fourth-order valence-electron chi connectivity index (χ4n) is 2.32. The monoisotopic (exact) mass is 297 g/mol. The molecule has 3 atom stereocenters. The Hall–Kier alpha value is -2.13. The Bertz CT molecular complexity index is 480. The fraction of sp³-hybridized carbons (Fsp3) is 0.583. The Kier molecular flexibility index (Phi) is 4.43. The topological polar surface area (TPSA) is 120 Å². The standard InChI is InChI=1S/C12H19N5O4/c1-3-4-21-6-7(18)5-17-8-9(14-11(17)13)16(2)12(20)15-10(8)19/h3,7-9,18H,1,4-6H2,2H3,(H2,13,14)(H,15,19,20). The van der Waals surface area contributed by atoms with Crippen LogP contribution < -0.4 is 11.1 Å². The van der Waals surface area contributed by atoms with E-state index in [1.807, 2.05) is 0 Å². The number of ether oxygens (including phenoxy) is 1. The van der Waals surface area contributed by atoms with Crippen molar-refractivity contribution in [1.29, 1.82) is 0 Å². The van der Waals surface area contributed by atoms with Crippen LogP contribution in [0.4, 0.5) is 4.79 Å². The fourth-order valence-corrected chi connectivity index (χ4v) is 2.32. The maximum atomic E-state index is 12.0. The largest absolute Gasteiger partial charge is 0.389 e. The van der Waals surface area contributed by atoms with Gasteiger partial charge in [0.25, 0.3) is 5.91 Å².